The number of hydrogen-bond acceptors (Lipinski definition) is 1. The maximum absolute atomic E-state index is 11.0. The van der Waals surface area contributed by atoms with E-state index in [1.807, 2.05) is 0 Å². The van der Waals surface area contributed by atoms with Crippen LogP contribution in [0.4, 0.5) is 0 Å². The van der Waals surface area contributed by atoms with Crippen LogP contribution in [-0.2, 0) is 4.79 Å². The first kappa shape index (κ1) is 7.36. The molecule has 5 atom stereocenters. The van der Waals surface area contributed by atoms with E-state index < -0.39 is 0 Å². The molecule has 2 heteroatoms. The minimum atomic E-state index is 0.0978. The molecule has 3 unspecified atom stereocenters. The number of amides is 1. The molecule has 13 heavy (non-hydrogen) atoms. The van der Waals surface area contributed by atoms with Gasteiger partial charge in [-0.2, -0.15) is 0 Å². The fourth-order valence-electron chi connectivity index (χ4n) is 3.12. The van der Waals surface area contributed by atoms with Gasteiger partial charge in [0.2, 0.25) is 5.91 Å². The summed E-state index contributed by atoms with van der Waals surface area (Å²) in [7, 11) is 0. The molecular weight excluding hydrogens is 162 g/mol. The van der Waals surface area contributed by atoms with Crippen molar-refractivity contribution in [1.82, 2.24) is 5.32 Å². The highest BCUT2D eigenvalue weighted by Gasteiger charge is 2.55. The predicted octanol–water partition coefficient (Wildman–Crippen LogP) is 1.11. The second kappa shape index (κ2) is 2.25. The van der Waals surface area contributed by atoms with Crippen molar-refractivity contribution in [3.8, 4) is 0 Å². The standard InChI is InChI=1S/C11H13NO/c1-6(13)12-11-8-4-2-7-3-5-9(11)10(7)8/h2-5,7-11H,1H3,(H,12,13)/t7?,8-,9+,10?,11?. The highest BCUT2D eigenvalue weighted by atomic mass is 16.1. The zero-order valence-electron chi connectivity index (χ0n) is 7.60. The van der Waals surface area contributed by atoms with Gasteiger partial charge in [-0.25, -0.2) is 0 Å². The van der Waals surface area contributed by atoms with Crippen LogP contribution >= 0.6 is 0 Å². The van der Waals surface area contributed by atoms with Crippen molar-refractivity contribution in [1.29, 1.82) is 0 Å². The fourth-order valence-corrected chi connectivity index (χ4v) is 3.12. The van der Waals surface area contributed by atoms with Crippen molar-refractivity contribution in [3.05, 3.63) is 24.3 Å². The summed E-state index contributed by atoms with van der Waals surface area (Å²) in [5, 5.41) is 3.04. The Hall–Kier alpha value is -1.05. The Morgan fingerprint density at radius 3 is 2.31 bits per heavy atom. The van der Waals surface area contributed by atoms with Crippen LogP contribution in [0, 0.1) is 23.7 Å². The number of hydrogen-bond donors (Lipinski definition) is 1. The SMILES string of the molecule is CC(=O)NC1[C@H]2C=CC3C=C[C@@H]1C32. The van der Waals surface area contributed by atoms with E-state index in [0.29, 0.717) is 23.8 Å². The third-order valence-electron chi connectivity index (χ3n) is 3.64. The molecule has 0 aromatic rings. The fraction of sp³-hybridized carbons (Fsp3) is 0.545. The van der Waals surface area contributed by atoms with Gasteiger partial charge in [0, 0.05) is 24.8 Å². The molecule has 3 aliphatic rings. The molecule has 0 bridgehead atoms. The van der Waals surface area contributed by atoms with Gasteiger partial charge in [0.1, 0.15) is 0 Å². The molecule has 0 radical (unpaired) electrons. The zero-order valence-corrected chi connectivity index (χ0v) is 7.60. The van der Waals surface area contributed by atoms with Crippen molar-refractivity contribution >= 4 is 5.91 Å². The molecule has 3 rings (SSSR count). The lowest BCUT2D eigenvalue weighted by Crippen LogP contribution is -2.56. The first-order valence-electron chi connectivity index (χ1n) is 4.91. The molecule has 68 valence electrons. The van der Waals surface area contributed by atoms with E-state index in [9.17, 15) is 4.79 Å². The minimum absolute atomic E-state index is 0.0978. The number of rotatable bonds is 1. The molecule has 0 spiro atoms. The van der Waals surface area contributed by atoms with Crippen molar-refractivity contribution in [2.24, 2.45) is 23.7 Å². The topological polar surface area (TPSA) is 29.1 Å². The summed E-state index contributed by atoms with van der Waals surface area (Å²) >= 11 is 0. The Morgan fingerprint density at radius 1 is 1.15 bits per heavy atom. The molecule has 0 aromatic carbocycles. The van der Waals surface area contributed by atoms with Crippen molar-refractivity contribution in [2.45, 2.75) is 13.0 Å². The highest BCUT2D eigenvalue weighted by molar-refractivity contribution is 5.73. The third-order valence-corrected chi connectivity index (χ3v) is 3.64. The summed E-state index contributed by atoms with van der Waals surface area (Å²) in [5.74, 6) is 2.75. The average molecular weight is 175 g/mol. The number of carbonyl (C=O) groups is 1. The molecule has 1 fully saturated rings. The molecule has 0 saturated heterocycles. The summed E-state index contributed by atoms with van der Waals surface area (Å²) in [5.41, 5.74) is 0. The van der Waals surface area contributed by atoms with E-state index in [1.54, 1.807) is 6.92 Å². The summed E-state index contributed by atoms with van der Waals surface area (Å²) in [6, 6.07) is 0.377. The van der Waals surface area contributed by atoms with E-state index in [2.05, 4.69) is 29.6 Å². The Bertz CT molecular complexity index is 296. The van der Waals surface area contributed by atoms with Crippen LogP contribution in [0.5, 0.6) is 0 Å². The van der Waals surface area contributed by atoms with Gasteiger partial charge < -0.3 is 5.32 Å². The van der Waals surface area contributed by atoms with Gasteiger partial charge in [0.15, 0.2) is 0 Å². The van der Waals surface area contributed by atoms with Gasteiger partial charge in [-0.05, 0) is 11.8 Å². The van der Waals surface area contributed by atoms with Gasteiger partial charge >= 0.3 is 0 Å². The largest absolute Gasteiger partial charge is 0.352 e. The van der Waals surface area contributed by atoms with Crippen LogP contribution in [0.2, 0.25) is 0 Å². The highest BCUT2D eigenvalue weighted by Crippen LogP contribution is 2.55. The molecule has 0 aromatic heterocycles. The minimum Gasteiger partial charge on any atom is -0.352 e. The van der Waals surface area contributed by atoms with Gasteiger partial charge in [-0.15, -0.1) is 0 Å². The summed E-state index contributed by atoms with van der Waals surface area (Å²) in [4.78, 5) is 11.0. The van der Waals surface area contributed by atoms with Gasteiger partial charge in [0.05, 0.1) is 0 Å². The molecule has 0 heterocycles. The first-order valence-corrected chi connectivity index (χ1v) is 4.91. The third kappa shape index (κ3) is 0.808. The molecule has 2 nitrogen and oxygen atoms in total. The number of nitrogens with one attached hydrogen (secondary N) is 1. The summed E-state index contributed by atoms with van der Waals surface area (Å²) < 4.78 is 0. The van der Waals surface area contributed by atoms with Crippen LogP contribution in [0.15, 0.2) is 24.3 Å². The van der Waals surface area contributed by atoms with Crippen molar-refractivity contribution < 1.29 is 4.79 Å². The van der Waals surface area contributed by atoms with E-state index in [1.165, 1.54) is 0 Å². The molecule has 1 amide bonds. The van der Waals surface area contributed by atoms with Crippen molar-refractivity contribution in [2.75, 3.05) is 0 Å². The summed E-state index contributed by atoms with van der Waals surface area (Å²) in [6.07, 6.45) is 9.12. The monoisotopic (exact) mass is 175 g/mol. The Balaban J connectivity index is 1.82. The van der Waals surface area contributed by atoms with Crippen LogP contribution in [-0.4, -0.2) is 11.9 Å². The Kier molecular flexibility index (Phi) is 1.27. The van der Waals surface area contributed by atoms with E-state index in [0.717, 1.165) is 5.92 Å². The van der Waals surface area contributed by atoms with Crippen LogP contribution in [0.3, 0.4) is 0 Å². The van der Waals surface area contributed by atoms with E-state index in [-0.39, 0.29) is 5.91 Å². The average Bonchev–Trinajstić information content (AvgIpc) is 2.51. The van der Waals surface area contributed by atoms with Gasteiger partial charge in [0.25, 0.3) is 0 Å². The van der Waals surface area contributed by atoms with Crippen LogP contribution in [0.25, 0.3) is 0 Å². The lowest BCUT2D eigenvalue weighted by Gasteiger charge is -2.46. The molecular formula is C11H13NO. The lowest BCUT2D eigenvalue weighted by molar-refractivity contribution is -0.121. The maximum Gasteiger partial charge on any atom is 0.217 e. The molecule has 1 N–H and O–H groups in total. The van der Waals surface area contributed by atoms with Gasteiger partial charge in [-0.3, -0.25) is 4.79 Å². The zero-order chi connectivity index (χ0) is 9.00. The van der Waals surface area contributed by atoms with E-state index in [4.69, 9.17) is 0 Å². The van der Waals surface area contributed by atoms with Crippen LogP contribution in [0.1, 0.15) is 6.92 Å². The lowest BCUT2D eigenvalue weighted by atomic mass is 9.62. The molecule has 1 saturated carbocycles. The van der Waals surface area contributed by atoms with Gasteiger partial charge in [-0.1, -0.05) is 24.3 Å². The van der Waals surface area contributed by atoms with E-state index >= 15 is 0 Å². The maximum atomic E-state index is 11.0. The first-order chi connectivity index (χ1) is 6.27. The quantitative estimate of drug-likeness (QED) is 0.594. The number of allylic oxidation sites excluding steroid dienone is 2. The smallest absolute Gasteiger partial charge is 0.217 e. The second-order valence-electron chi connectivity index (χ2n) is 4.31. The number of carbonyl (C=O) groups excluding carboxylic acids is 1. The van der Waals surface area contributed by atoms with Crippen molar-refractivity contribution in [3.63, 3.8) is 0 Å². The van der Waals surface area contributed by atoms with Crippen LogP contribution < -0.4 is 5.32 Å². The predicted molar refractivity (Wildman–Crippen MR) is 49.8 cm³/mol. The second-order valence-corrected chi connectivity index (χ2v) is 4.31. The Morgan fingerprint density at radius 2 is 1.77 bits per heavy atom. The molecule has 0 aliphatic heterocycles. The Labute approximate surface area is 77.7 Å². The normalized spacial score (nSPS) is 48.8. The summed E-state index contributed by atoms with van der Waals surface area (Å²) in [6.45, 7) is 1.60. The molecule has 3 aliphatic carbocycles.